The van der Waals surface area contributed by atoms with E-state index in [-0.39, 0.29) is 37.4 Å². The Balaban J connectivity index is 2.11. The highest BCUT2D eigenvalue weighted by molar-refractivity contribution is 5.86. The van der Waals surface area contributed by atoms with Gasteiger partial charge in [-0.25, -0.2) is 0 Å². The molecular formula is C30H38N2O5. The molecule has 0 aliphatic heterocycles. The molecule has 2 aromatic rings. The Morgan fingerprint density at radius 2 is 1.54 bits per heavy atom. The van der Waals surface area contributed by atoms with Gasteiger partial charge in [-0.15, -0.1) is 13.2 Å². The molecule has 198 valence electrons. The van der Waals surface area contributed by atoms with Crippen molar-refractivity contribution >= 4 is 17.8 Å². The maximum Gasteiger partial charge on any atom is 0.310 e. The molecule has 0 heterocycles. The molecule has 3 N–H and O–H groups in total. The number of hydrogen-bond donors (Lipinski definition) is 3. The fourth-order valence-electron chi connectivity index (χ4n) is 3.92. The molecule has 2 rings (SSSR count). The molecule has 0 aliphatic carbocycles. The molecule has 0 aromatic heterocycles. The summed E-state index contributed by atoms with van der Waals surface area (Å²) in [6.45, 7) is 9.02. The summed E-state index contributed by atoms with van der Waals surface area (Å²) in [7, 11) is 0. The number of nitrogens with one attached hydrogen (secondary N) is 2. The number of hydrogen-bond acceptors (Lipinski definition) is 5. The van der Waals surface area contributed by atoms with E-state index in [1.807, 2.05) is 60.7 Å². The predicted molar refractivity (Wildman–Crippen MR) is 144 cm³/mol. The molecule has 0 saturated heterocycles. The van der Waals surface area contributed by atoms with Crippen LogP contribution in [0.15, 0.2) is 86.0 Å². The summed E-state index contributed by atoms with van der Waals surface area (Å²) in [6.07, 6.45) is 3.83. The lowest BCUT2D eigenvalue weighted by Gasteiger charge is -2.23. The van der Waals surface area contributed by atoms with Gasteiger partial charge in [0.15, 0.2) is 0 Å². The zero-order valence-corrected chi connectivity index (χ0v) is 21.5. The predicted octanol–water partition coefficient (Wildman–Crippen LogP) is 3.90. The van der Waals surface area contributed by atoms with Crippen LogP contribution in [0.5, 0.6) is 0 Å². The molecule has 0 radical (unpaired) electrons. The van der Waals surface area contributed by atoms with Crippen molar-refractivity contribution in [1.29, 1.82) is 0 Å². The lowest BCUT2D eigenvalue weighted by molar-refractivity contribution is -0.154. The van der Waals surface area contributed by atoms with E-state index in [0.717, 1.165) is 11.1 Å². The van der Waals surface area contributed by atoms with Gasteiger partial charge >= 0.3 is 5.97 Å². The van der Waals surface area contributed by atoms with E-state index in [0.29, 0.717) is 19.3 Å². The van der Waals surface area contributed by atoms with Crippen LogP contribution >= 0.6 is 0 Å². The zero-order valence-electron chi connectivity index (χ0n) is 21.5. The normalized spacial score (nSPS) is 13.9. The van der Waals surface area contributed by atoms with Crippen molar-refractivity contribution in [1.82, 2.24) is 10.6 Å². The van der Waals surface area contributed by atoms with Crippen LogP contribution in [-0.2, 0) is 25.5 Å². The van der Waals surface area contributed by atoms with Gasteiger partial charge in [-0.1, -0.05) is 72.8 Å². The van der Waals surface area contributed by atoms with Crippen molar-refractivity contribution in [2.45, 2.75) is 44.8 Å². The van der Waals surface area contributed by atoms with Crippen LogP contribution in [-0.4, -0.2) is 42.1 Å². The van der Waals surface area contributed by atoms with Crippen molar-refractivity contribution in [3.8, 4) is 0 Å². The Bertz CT molecular complexity index is 1010. The topological polar surface area (TPSA) is 105 Å². The molecule has 0 bridgehead atoms. The number of amides is 2. The summed E-state index contributed by atoms with van der Waals surface area (Å²) in [4.78, 5) is 38.5. The lowest BCUT2D eigenvalue weighted by Crippen LogP contribution is -2.40. The number of rotatable bonds is 16. The Labute approximate surface area is 219 Å². The van der Waals surface area contributed by atoms with E-state index in [1.165, 1.54) is 0 Å². The van der Waals surface area contributed by atoms with Crippen LogP contribution < -0.4 is 10.6 Å². The zero-order chi connectivity index (χ0) is 27.0. The minimum absolute atomic E-state index is 0.0452. The maximum atomic E-state index is 13.2. The van der Waals surface area contributed by atoms with Gasteiger partial charge < -0.3 is 20.5 Å². The van der Waals surface area contributed by atoms with E-state index in [1.54, 1.807) is 19.1 Å². The summed E-state index contributed by atoms with van der Waals surface area (Å²) in [6, 6.07) is 18.6. The Hall–Kier alpha value is -3.71. The fraction of sp³-hybridized carbons (Fsp3) is 0.367. The second-order valence-corrected chi connectivity index (χ2v) is 9.07. The molecule has 2 aromatic carbocycles. The van der Waals surface area contributed by atoms with Crippen LogP contribution in [0.25, 0.3) is 0 Å². The first-order valence-corrected chi connectivity index (χ1v) is 12.6. The smallest absolute Gasteiger partial charge is 0.310 e. The van der Waals surface area contributed by atoms with Gasteiger partial charge in [-0.2, -0.15) is 0 Å². The lowest BCUT2D eigenvalue weighted by atomic mass is 9.96. The van der Waals surface area contributed by atoms with Gasteiger partial charge in [-0.3, -0.25) is 14.4 Å². The molecule has 0 unspecified atom stereocenters. The van der Waals surface area contributed by atoms with Crippen molar-refractivity contribution in [2.75, 3.05) is 13.2 Å². The maximum absolute atomic E-state index is 13.2. The summed E-state index contributed by atoms with van der Waals surface area (Å²) in [5.41, 5.74) is 1.78. The molecule has 0 saturated carbocycles. The minimum atomic E-state index is -0.701. The largest absolute Gasteiger partial charge is 0.455 e. The minimum Gasteiger partial charge on any atom is -0.455 e. The van der Waals surface area contributed by atoms with Crippen LogP contribution in [0.1, 0.15) is 43.4 Å². The van der Waals surface area contributed by atoms with Gasteiger partial charge in [-0.05, 0) is 37.3 Å². The second kappa shape index (κ2) is 16.1. The number of carbonyl (C=O) groups is 3. The van der Waals surface area contributed by atoms with E-state index < -0.39 is 24.0 Å². The van der Waals surface area contributed by atoms with Crippen LogP contribution in [0.3, 0.4) is 0 Å². The van der Waals surface area contributed by atoms with Crippen LogP contribution in [0.4, 0.5) is 0 Å². The van der Waals surface area contributed by atoms with Crippen LogP contribution in [0.2, 0.25) is 0 Å². The third-order valence-electron chi connectivity index (χ3n) is 5.94. The monoisotopic (exact) mass is 506 g/mol. The fourth-order valence-corrected chi connectivity index (χ4v) is 3.92. The van der Waals surface area contributed by atoms with Gasteiger partial charge in [0.2, 0.25) is 11.8 Å². The first-order chi connectivity index (χ1) is 17.9. The number of aliphatic hydroxyl groups is 1. The highest BCUT2D eigenvalue weighted by Crippen LogP contribution is 2.22. The number of allylic oxidation sites excluding steroid dienone is 2. The molecule has 37 heavy (non-hydrogen) atoms. The molecule has 0 fully saturated rings. The number of benzene rings is 2. The number of esters is 1. The highest BCUT2D eigenvalue weighted by Gasteiger charge is 2.26. The van der Waals surface area contributed by atoms with Crippen molar-refractivity contribution < 1.29 is 24.2 Å². The van der Waals surface area contributed by atoms with E-state index in [9.17, 15) is 14.4 Å². The average molecular weight is 507 g/mol. The highest BCUT2D eigenvalue weighted by atomic mass is 16.5. The van der Waals surface area contributed by atoms with Crippen molar-refractivity contribution in [3.05, 3.63) is 97.1 Å². The summed E-state index contributed by atoms with van der Waals surface area (Å²) < 4.78 is 5.93. The third kappa shape index (κ3) is 10.4. The van der Waals surface area contributed by atoms with Gasteiger partial charge in [0.25, 0.3) is 0 Å². The molecule has 0 aliphatic rings. The standard InChI is InChI=1S/C30H38N2O5/c1-4-12-25(19-28(34)32-22(3)21-33)29(35)31-20-27(24-16-10-7-11-17-24)37-30(36)26(13-5-2)18-23-14-8-6-9-15-23/h4-11,14-17,22,25-27,33H,1-2,12-13,18-21H2,3H3,(H,31,35)(H,32,34)/t22-,25+,26-,27+/m1/s1. The number of aliphatic hydroxyl groups excluding tert-OH is 1. The molecule has 4 atom stereocenters. The quantitative estimate of drug-likeness (QED) is 0.237. The van der Waals surface area contributed by atoms with E-state index in [2.05, 4.69) is 23.8 Å². The van der Waals surface area contributed by atoms with E-state index >= 15 is 0 Å². The Kier molecular flexibility index (Phi) is 12.9. The summed E-state index contributed by atoms with van der Waals surface area (Å²) >= 11 is 0. The third-order valence-corrected chi connectivity index (χ3v) is 5.94. The van der Waals surface area contributed by atoms with Gasteiger partial charge in [0.05, 0.1) is 25.0 Å². The molecule has 7 nitrogen and oxygen atoms in total. The van der Waals surface area contributed by atoms with Gasteiger partial charge in [0.1, 0.15) is 6.10 Å². The Morgan fingerprint density at radius 3 is 2.14 bits per heavy atom. The Morgan fingerprint density at radius 1 is 0.946 bits per heavy atom. The molecular weight excluding hydrogens is 468 g/mol. The summed E-state index contributed by atoms with van der Waals surface area (Å²) in [5, 5.41) is 14.7. The number of carbonyl (C=O) groups excluding carboxylic acids is 3. The van der Waals surface area contributed by atoms with Crippen molar-refractivity contribution in [3.63, 3.8) is 0 Å². The van der Waals surface area contributed by atoms with Crippen LogP contribution in [0, 0.1) is 11.8 Å². The SMILES string of the molecule is C=CC[C@@H](CC(=O)N[C@H](C)CO)C(=O)NC[C@H](OC(=O)[C@H](CC=C)Cc1ccccc1)c1ccccc1. The molecule has 2 amide bonds. The molecule has 7 heteroatoms. The van der Waals surface area contributed by atoms with E-state index in [4.69, 9.17) is 9.84 Å². The first-order valence-electron chi connectivity index (χ1n) is 12.6. The first kappa shape index (κ1) is 29.5. The molecule has 0 spiro atoms. The number of ether oxygens (including phenoxy) is 1. The average Bonchev–Trinajstić information content (AvgIpc) is 2.91. The summed E-state index contributed by atoms with van der Waals surface area (Å²) in [5.74, 6) is -2.08. The second-order valence-electron chi connectivity index (χ2n) is 9.07. The van der Waals surface area contributed by atoms with Crippen molar-refractivity contribution in [2.24, 2.45) is 11.8 Å². The van der Waals surface area contributed by atoms with Gasteiger partial charge in [0, 0.05) is 12.5 Å².